The lowest BCUT2D eigenvalue weighted by molar-refractivity contribution is 0.273. The van der Waals surface area contributed by atoms with Crippen molar-refractivity contribution in [3.05, 3.63) is 34.3 Å². The average molecular weight is 349 g/mol. The van der Waals surface area contributed by atoms with Crippen molar-refractivity contribution in [2.75, 3.05) is 32.3 Å². The van der Waals surface area contributed by atoms with E-state index in [0.29, 0.717) is 5.75 Å². The molecule has 3 rings (SSSR count). The molecule has 0 aliphatic heterocycles. The van der Waals surface area contributed by atoms with E-state index in [1.807, 2.05) is 55.5 Å². The van der Waals surface area contributed by atoms with E-state index in [2.05, 4.69) is 9.97 Å². The fraction of sp³-hybridized carbons (Fsp3) is 0.250. The van der Waals surface area contributed by atoms with Gasteiger partial charge in [-0.3, -0.25) is 0 Å². The van der Waals surface area contributed by atoms with E-state index >= 15 is 0 Å². The van der Waals surface area contributed by atoms with Gasteiger partial charge in [0.1, 0.15) is 24.0 Å². The maximum Gasteiger partial charge on any atom is 0.185 e. The third-order valence-corrected chi connectivity index (χ3v) is 5.12. The molecule has 23 heavy (non-hydrogen) atoms. The molecule has 1 aromatic carbocycles. The molecule has 0 radical (unpaired) electrons. The number of anilines is 1. The Morgan fingerprint density at radius 3 is 2.87 bits per heavy atom. The lowest BCUT2D eigenvalue weighted by Gasteiger charge is -2.04. The van der Waals surface area contributed by atoms with Crippen LogP contribution in [0.1, 0.15) is 9.88 Å². The molecule has 7 heteroatoms. The topological polar surface area (TPSA) is 38.2 Å². The summed E-state index contributed by atoms with van der Waals surface area (Å²) in [7, 11) is 3.95. The second-order valence-electron chi connectivity index (χ2n) is 4.99. The van der Waals surface area contributed by atoms with Gasteiger partial charge in [0.25, 0.3) is 0 Å². The van der Waals surface area contributed by atoms with Gasteiger partial charge in [-0.1, -0.05) is 11.3 Å². The van der Waals surface area contributed by atoms with Crippen molar-refractivity contribution in [1.29, 1.82) is 0 Å². The smallest absolute Gasteiger partial charge is 0.185 e. The molecule has 0 saturated heterocycles. The predicted molar refractivity (Wildman–Crippen MR) is 96.5 cm³/mol. The number of thiazole rings is 2. The Labute approximate surface area is 141 Å². The molecular weight excluding hydrogens is 333 g/mol. The molecule has 0 spiro atoms. The lowest BCUT2D eigenvalue weighted by atomic mass is 10.3. The number of benzene rings is 1. The van der Waals surface area contributed by atoms with Gasteiger partial charge in [-0.2, -0.15) is 0 Å². The molecule has 120 valence electrons. The van der Waals surface area contributed by atoms with Crippen LogP contribution in [-0.4, -0.2) is 37.3 Å². The normalized spacial score (nSPS) is 11.4. The summed E-state index contributed by atoms with van der Waals surface area (Å²) >= 11 is 3.21. The van der Waals surface area contributed by atoms with Crippen LogP contribution in [0, 0.1) is 0 Å². The minimum atomic E-state index is -0.488. The number of fused-ring (bicyclic) bond motifs is 1. The highest BCUT2D eigenvalue weighted by atomic mass is 32.1. The highest BCUT2D eigenvalue weighted by Crippen LogP contribution is 2.28. The minimum Gasteiger partial charge on any atom is -0.491 e. The summed E-state index contributed by atoms with van der Waals surface area (Å²) in [5.41, 5.74) is 0.917. The maximum atomic E-state index is 12.2. The van der Waals surface area contributed by atoms with Gasteiger partial charge < -0.3 is 9.64 Å². The number of rotatable bonds is 6. The summed E-state index contributed by atoms with van der Waals surface area (Å²) in [5, 5.41) is 1.89. The van der Waals surface area contributed by atoms with Gasteiger partial charge in [0, 0.05) is 25.2 Å². The van der Waals surface area contributed by atoms with Crippen molar-refractivity contribution >= 4 is 50.2 Å². The summed E-state index contributed by atoms with van der Waals surface area (Å²) in [5.74, 6) is 0.674. The molecule has 2 heterocycles. The van der Waals surface area contributed by atoms with Crippen LogP contribution in [0.25, 0.3) is 22.4 Å². The Morgan fingerprint density at radius 2 is 2.13 bits per heavy atom. The Hall–Kier alpha value is -1.99. The second kappa shape index (κ2) is 7.06. The van der Waals surface area contributed by atoms with Crippen LogP contribution in [0.4, 0.5) is 9.52 Å². The molecular formula is C16H16FN3OS2. The quantitative estimate of drug-likeness (QED) is 0.664. The van der Waals surface area contributed by atoms with E-state index < -0.39 is 6.67 Å². The van der Waals surface area contributed by atoms with Gasteiger partial charge in [0.15, 0.2) is 5.13 Å². The van der Waals surface area contributed by atoms with E-state index in [9.17, 15) is 4.39 Å². The van der Waals surface area contributed by atoms with E-state index in [-0.39, 0.29) is 6.61 Å². The van der Waals surface area contributed by atoms with Gasteiger partial charge >= 0.3 is 0 Å². The number of nitrogens with zero attached hydrogens (tertiary/aromatic N) is 3. The predicted octanol–water partition coefficient (Wildman–Crippen LogP) is 4.34. The number of ether oxygens (including phenoxy) is 1. The van der Waals surface area contributed by atoms with Crippen LogP contribution in [-0.2, 0) is 0 Å². The summed E-state index contributed by atoms with van der Waals surface area (Å²) in [6, 6.07) is 5.61. The van der Waals surface area contributed by atoms with Gasteiger partial charge in [-0.25, -0.2) is 14.4 Å². The number of halogens is 1. The number of hydrogen-bond donors (Lipinski definition) is 0. The molecule has 0 aliphatic rings. The van der Waals surface area contributed by atoms with Crippen molar-refractivity contribution in [2.45, 2.75) is 0 Å². The van der Waals surface area contributed by atoms with E-state index in [4.69, 9.17) is 4.74 Å². The van der Waals surface area contributed by atoms with E-state index in [1.54, 1.807) is 22.7 Å². The molecule has 0 saturated carbocycles. The Balaban J connectivity index is 1.78. The Bertz CT molecular complexity index is 826. The second-order valence-corrected chi connectivity index (χ2v) is 7.09. The highest BCUT2D eigenvalue weighted by molar-refractivity contribution is 7.19. The van der Waals surface area contributed by atoms with Crippen LogP contribution >= 0.6 is 22.7 Å². The Kier molecular flexibility index (Phi) is 4.88. The fourth-order valence-corrected chi connectivity index (χ4v) is 3.59. The van der Waals surface area contributed by atoms with Gasteiger partial charge in [-0.15, -0.1) is 11.3 Å². The van der Waals surface area contributed by atoms with Gasteiger partial charge in [0.2, 0.25) is 0 Å². The Morgan fingerprint density at radius 1 is 1.26 bits per heavy atom. The monoisotopic (exact) mass is 349 g/mol. The zero-order valence-electron chi connectivity index (χ0n) is 12.8. The zero-order chi connectivity index (χ0) is 16.2. The van der Waals surface area contributed by atoms with Crippen LogP contribution in [0.3, 0.4) is 0 Å². The van der Waals surface area contributed by atoms with Gasteiger partial charge in [0.05, 0.1) is 10.2 Å². The molecule has 4 nitrogen and oxygen atoms in total. The van der Waals surface area contributed by atoms with Crippen molar-refractivity contribution < 1.29 is 9.13 Å². The van der Waals surface area contributed by atoms with Gasteiger partial charge in [-0.05, 0) is 30.4 Å². The molecule has 3 aromatic rings. The summed E-state index contributed by atoms with van der Waals surface area (Å²) in [4.78, 5) is 12.0. The highest BCUT2D eigenvalue weighted by Gasteiger charge is 2.05. The number of aromatic nitrogens is 2. The SMILES string of the molecule is CN(C)c1ncc(C=Cc2nc3ccc(OCCF)cc3s2)s1. The van der Waals surface area contributed by atoms with Crippen molar-refractivity contribution in [3.8, 4) is 5.75 Å². The largest absolute Gasteiger partial charge is 0.491 e. The first-order chi connectivity index (χ1) is 11.2. The molecule has 0 bridgehead atoms. The lowest BCUT2D eigenvalue weighted by Crippen LogP contribution is -2.07. The molecule has 0 unspecified atom stereocenters. The van der Waals surface area contributed by atoms with Crippen molar-refractivity contribution in [1.82, 2.24) is 9.97 Å². The first-order valence-corrected chi connectivity index (χ1v) is 8.69. The molecule has 0 aliphatic carbocycles. The van der Waals surface area contributed by atoms with Crippen molar-refractivity contribution in [2.24, 2.45) is 0 Å². The number of hydrogen-bond acceptors (Lipinski definition) is 6. The van der Waals surface area contributed by atoms with Crippen molar-refractivity contribution in [3.63, 3.8) is 0 Å². The van der Waals surface area contributed by atoms with E-state index in [0.717, 1.165) is 25.2 Å². The first kappa shape index (κ1) is 15.9. The standard InChI is InChI=1S/C16H16FN3OS2/c1-20(2)16-18-10-12(22-16)4-6-15-19-13-5-3-11(21-8-7-17)9-14(13)23-15/h3-6,9-10H,7-8H2,1-2H3. The van der Waals surface area contributed by atoms with Crippen LogP contribution in [0.15, 0.2) is 24.4 Å². The van der Waals surface area contributed by atoms with E-state index in [1.165, 1.54) is 0 Å². The van der Waals surface area contributed by atoms with Crippen LogP contribution < -0.4 is 9.64 Å². The molecule has 0 atom stereocenters. The first-order valence-electron chi connectivity index (χ1n) is 7.06. The summed E-state index contributed by atoms with van der Waals surface area (Å²) in [6.45, 7) is -0.408. The minimum absolute atomic E-state index is 0.0800. The molecule has 0 amide bonds. The average Bonchev–Trinajstić information content (AvgIpc) is 3.16. The molecule has 0 fully saturated rings. The molecule has 0 N–H and O–H groups in total. The summed E-state index contributed by atoms with van der Waals surface area (Å²) in [6.07, 6.45) is 5.86. The van der Waals surface area contributed by atoms with Crippen LogP contribution in [0.5, 0.6) is 5.75 Å². The summed E-state index contributed by atoms with van der Waals surface area (Å²) < 4.78 is 18.5. The third-order valence-electron chi connectivity index (χ3n) is 3.01. The van der Waals surface area contributed by atoms with Crippen LogP contribution in [0.2, 0.25) is 0 Å². The number of alkyl halides is 1. The maximum absolute atomic E-state index is 12.2. The molecule has 2 aromatic heterocycles. The fourth-order valence-electron chi connectivity index (χ4n) is 1.95. The third kappa shape index (κ3) is 3.86. The zero-order valence-corrected chi connectivity index (χ0v) is 14.5.